The van der Waals surface area contributed by atoms with Crippen LogP contribution in [0.1, 0.15) is 0 Å². The Hall–Kier alpha value is -0.480. The number of hydrogen-bond donors (Lipinski definition) is 10. The Bertz CT molecular complexity index is 284. The fourth-order valence-electron chi connectivity index (χ4n) is 1.48. The van der Waals surface area contributed by atoms with E-state index in [1.54, 1.807) is 0 Å². The number of rotatable bonds is 15. The molecular formula is C15H34O12. The van der Waals surface area contributed by atoms with Gasteiger partial charge in [-0.3, -0.25) is 5.26 Å². The van der Waals surface area contributed by atoms with Gasteiger partial charge in [-0.25, -0.2) is 4.89 Å². The normalized spacial score (nSPS) is 12.7. The average Bonchev–Trinajstić information content (AvgIpc) is 2.74. The second kappa shape index (κ2) is 15.4. The van der Waals surface area contributed by atoms with E-state index in [1.807, 2.05) is 0 Å². The summed E-state index contributed by atoms with van der Waals surface area (Å²) in [4.78, 5) is 3.70. The molecule has 0 fully saturated rings. The first-order valence-electron chi connectivity index (χ1n) is 8.14. The molecule has 0 aromatic rings. The van der Waals surface area contributed by atoms with Gasteiger partial charge in [-0.15, -0.1) is 0 Å². The number of aliphatic hydroxyl groups excluding tert-OH is 9. The van der Waals surface area contributed by atoms with Crippen LogP contribution in [-0.4, -0.2) is 130 Å². The molecule has 166 valence electrons. The van der Waals surface area contributed by atoms with Crippen molar-refractivity contribution in [2.24, 2.45) is 16.2 Å². The molecule has 0 bridgehead atoms. The van der Waals surface area contributed by atoms with Gasteiger partial charge in [0.15, 0.2) is 0 Å². The summed E-state index contributed by atoms with van der Waals surface area (Å²) in [6, 6.07) is 0. The van der Waals surface area contributed by atoms with Crippen LogP contribution < -0.4 is 0 Å². The lowest BCUT2D eigenvalue weighted by Crippen LogP contribution is -2.43. The van der Waals surface area contributed by atoms with Crippen molar-refractivity contribution in [3.05, 3.63) is 0 Å². The molecule has 12 nitrogen and oxygen atoms in total. The van der Waals surface area contributed by atoms with Gasteiger partial charge >= 0.3 is 0 Å². The number of aliphatic hydroxyl groups is 9. The van der Waals surface area contributed by atoms with Crippen LogP contribution in [0.5, 0.6) is 0 Å². The van der Waals surface area contributed by atoms with Gasteiger partial charge in [0.2, 0.25) is 0 Å². The predicted molar refractivity (Wildman–Crippen MR) is 90.5 cm³/mol. The molecule has 0 saturated carbocycles. The van der Waals surface area contributed by atoms with Crippen molar-refractivity contribution in [3.8, 4) is 0 Å². The molecule has 12 heteroatoms. The lowest BCUT2D eigenvalue weighted by atomic mass is 9.91. The second-order valence-electron chi connectivity index (χ2n) is 6.69. The minimum atomic E-state index is -1.16. The van der Waals surface area contributed by atoms with E-state index in [1.165, 1.54) is 0 Å². The third-order valence-corrected chi connectivity index (χ3v) is 4.21. The largest absolute Gasteiger partial charge is 0.396 e. The summed E-state index contributed by atoms with van der Waals surface area (Å²) >= 11 is 0. The molecule has 0 saturated heterocycles. The minimum absolute atomic E-state index is 0.141. The topological polar surface area (TPSA) is 221 Å². The molecule has 0 aliphatic rings. The summed E-state index contributed by atoms with van der Waals surface area (Å²) in [6.45, 7) is -4.58. The van der Waals surface area contributed by atoms with Crippen LogP contribution >= 0.6 is 0 Å². The quantitative estimate of drug-likeness (QED) is 0.0916. The van der Waals surface area contributed by atoms with Gasteiger partial charge in [0.05, 0.1) is 95.5 Å². The van der Waals surface area contributed by atoms with E-state index in [4.69, 9.17) is 56.0 Å². The first kappa shape index (κ1) is 28.7. The Labute approximate surface area is 157 Å². The van der Waals surface area contributed by atoms with Gasteiger partial charge in [-0.1, -0.05) is 0 Å². The van der Waals surface area contributed by atoms with E-state index in [2.05, 4.69) is 4.89 Å². The zero-order valence-corrected chi connectivity index (χ0v) is 15.3. The van der Waals surface area contributed by atoms with E-state index in [9.17, 15) is 0 Å². The Morgan fingerprint density at radius 2 is 0.630 bits per heavy atom. The van der Waals surface area contributed by atoms with Gasteiger partial charge in [-0.2, -0.15) is 0 Å². The molecule has 0 aromatic carbocycles. The maximum absolute atomic E-state index is 9.03. The highest BCUT2D eigenvalue weighted by Crippen LogP contribution is 2.19. The van der Waals surface area contributed by atoms with Crippen LogP contribution in [0.4, 0.5) is 0 Å². The monoisotopic (exact) mass is 406 g/mol. The number of ether oxygens (including phenoxy) is 1. The molecule has 0 radical (unpaired) electrons. The molecule has 0 aromatic heterocycles. The van der Waals surface area contributed by atoms with Crippen LogP contribution in [0.2, 0.25) is 0 Å². The van der Waals surface area contributed by atoms with E-state index in [-0.39, 0.29) is 19.8 Å². The molecule has 0 rings (SSSR count). The molecule has 0 unspecified atom stereocenters. The van der Waals surface area contributed by atoms with Crippen LogP contribution in [0, 0.1) is 16.2 Å². The first-order valence-corrected chi connectivity index (χ1v) is 8.14. The van der Waals surface area contributed by atoms with Gasteiger partial charge in [0.25, 0.3) is 0 Å². The predicted octanol–water partition coefficient (Wildman–Crippen LogP) is -4.63. The molecule has 0 aliphatic carbocycles. The van der Waals surface area contributed by atoms with Crippen LogP contribution in [0.3, 0.4) is 0 Å². The van der Waals surface area contributed by atoms with Crippen molar-refractivity contribution in [2.75, 3.05) is 79.3 Å². The molecule has 0 atom stereocenters. The molecule has 27 heavy (non-hydrogen) atoms. The number of hydrogen-bond acceptors (Lipinski definition) is 12. The third-order valence-electron chi connectivity index (χ3n) is 4.21. The maximum Gasteiger partial charge on any atom is 0.0942 e. The zero-order chi connectivity index (χ0) is 21.4. The van der Waals surface area contributed by atoms with Crippen LogP contribution in [0.15, 0.2) is 0 Å². The minimum Gasteiger partial charge on any atom is -0.396 e. The van der Waals surface area contributed by atoms with Crippen molar-refractivity contribution < 1.29 is 60.8 Å². The molecule has 0 aliphatic heterocycles. The van der Waals surface area contributed by atoms with E-state index in [0.29, 0.717) is 0 Å². The third kappa shape index (κ3) is 9.51. The molecule has 0 heterocycles. The highest BCUT2D eigenvalue weighted by Gasteiger charge is 2.33. The summed E-state index contributed by atoms with van der Waals surface area (Å²) in [6.07, 6.45) is 0. The second-order valence-corrected chi connectivity index (χ2v) is 6.69. The molecule has 0 spiro atoms. The molecule has 10 N–H and O–H groups in total. The molecular weight excluding hydrogens is 372 g/mol. The highest BCUT2D eigenvalue weighted by molar-refractivity contribution is 4.80. The summed E-state index contributed by atoms with van der Waals surface area (Å²) in [7, 11) is 0. The molecule has 0 amide bonds. The average molecular weight is 406 g/mol. The van der Waals surface area contributed by atoms with Crippen molar-refractivity contribution >= 4 is 0 Å². The lowest BCUT2D eigenvalue weighted by molar-refractivity contribution is -0.272. The smallest absolute Gasteiger partial charge is 0.0942 e. The van der Waals surface area contributed by atoms with Gasteiger partial charge in [0, 0.05) is 0 Å². The van der Waals surface area contributed by atoms with Crippen LogP contribution in [-0.2, 0) is 9.62 Å². The maximum atomic E-state index is 9.03. The van der Waals surface area contributed by atoms with Gasteiger partial charge < -0.3 is 50.7 Å². The van der Waals surface area contributed by atoms with E-state index < -0.39 is 75.7 Å². The Balaban J connectivity index is 0. The van der Waals surface area contributed by atoms with Gasteiger partial charge in [0.1, 0.15) is 0 Å². The zero-order valence-electron chi connectivity index (χ0n) is 15.3. The van der Waals surface area contributed by atoms with Crippen molar-refractivity contribution in [1.82, 2.24) is 0 Å². The van der Waals surface area contributed by atoms with Gasteiger partial charge in [-0.05, 0) is 0 Å². The van der Waals surface area contributed by atoms with Crippen molar-refractivity contribution in [1.29, 1.82) is 0 Å². The Kier molecular flexibility index (Phi) is 16.4. The summed E-state index contributed by atoms with van der Waals surface area (Å²) in [5.74, 6) is 0. The fraction of sp³-hybridized carbons (Fsp3) is 1.00. The standard InChI is InChI=1S/C10H22O7.C5H12O5/c11-1-9(2-12,3-13)7-17-8-10(4-14,5-15)6-16;6-1-5(2-7,3-8)4-10-9/h11-16H,1-8H2;6-9H,1-4H2. The first-order chi connectivity index (χ1) is 12.8. The van der Waals surface area contributed by atoms with Crippen LogP contribution in [0.25, 0.3) is 0 Å². The fourth-order valence-corrected chi connectivity index (χ4v) is 1.48. The summed E-state index contributed by atoms with van der Waals surface area (Å²) in [5, 5.41) is 87.9. The summed E-state index contributed by atoms with van der Waals surface area (Å²) in [5.41, 5.74) is -3.45. The van der Waals surface area contributed by atoms with Crippen molar-refractivity contribution in [2.45, 2.75) is 0 Å². The van der Waals surface area contributed by atoms with Crippen molar-refractivity contribution in [3.63, 3.8) is 0 Å². The Morgan fingerprint density at radius 3 is 0.778 bits per heavy atom. The Morgan fingerprint density at radius 1 is 0.407 bits per heavy atom. The SMILES string of the molecule is OCC(CO)(CO)COCC(CO)(CO)CO.OCC(CO)(CO)COO. The lowest BCUT2D eigenvalue weighted by Gasteiger charge is -2.31. The highest BCUT2D eigenvalue weighted by atomic mass is 17.1. The van der Waals surface area contributed by atoms with E-state index >= 15 is 0 Å². The van der Waals surface area contributed by atoms with E-state index in [0.717, 1.165) is 0 Å². The summed E-state index contributed by atoms with van der Waals surface area (Å²) < 4.78 is 5.15.